The monoisotopic (exact) mass is 249 g/mol. The molecule has 0 amide bonds. The summed E-state index contributed by atoms with van der Waals surface area (Å²) in [6, 6.07) is 19.9. The molecule has 1 heterocycles. The Hall–Kier alpha value is -2.39. The lowest BCUT2D eigenvalue weighted by Crippen LogP contribution is -2.10. The van der Waals surface area contributed by atoms with Gasteiger partial charge in [-0.3, -0.25) is 0 Å². The van der Waals surface area contributed by atoms with Crippen molar-refractivity contribution in [3.8, 4) is 5.69 Å². The van der Waals surface area contributed by atoms with Crippen molar-refractivity contribution in [2.24, 2.45) is 5.73 Å². The number of aromatic nitrogens is 2. The minimum absolute atomic E-state index is 0.140. The van der Waals surface area contributed by atoms with E-state index in [0.717, 1.165) is 16.8 Å². The second-order valence-electron chi connectivity index (χ2n) is 4.44. The maximum atomic E-state index is 6.25. The van der Waals surface area contributed by atoms with Crippen LogP contribution in [0.5, 0.6) is 0 Å². The molecule has 1 atom stereocenters. The first-order valence-electron chi connectivity index (χ1n) is 6.25. The van der Waals surface area contributed by atoms with Gasteiger partial charge in [-0.25, -0.2) is 4.68 Å². The van der Waals surface area contributed by atoms with Crippen molar-refractivity contribution in [2.45, 2.75) is 6.04 Å². The molecule has 0 fully saturated rings. The molecule has 3 heteroatoms. The summed E-state index contributed by atoms with van der Waals surface area (Å²) >= 11 is 0. The summed E-state index contributed by atoms with van der Waals surface area (Å²) in [5.74, 6) is 0. The minimum atomic E-state index is -0.140. The molecule has 0 bridgehead atoms. The van der Waals surface area contributed by atoms with Crippen molar-refractivity contribution in [2.75, 3.05) is 0 Å². The number of nitrogens with zero attached hydrogens (tertiary/aromatic N) is 2. The van der Waals surface area contributed by atoms with Gasteiger partial charge in [0.25, 0.3) is 0 Å². The second-order valence-corrected chi connectivity index (χ2v) is 4.44. The van der Waals surface area contributed by atoms with E-state index in [1.807, 2.05) is 77.7 Å². The fourth-order valence-corrected chi connectivity index (χ4v) is 2.07. The molecule has 1 aromatic heterocycles. The molecule has 0 aliphatic heterocycles. The van der Waals surface area contributed by atoms with Gasteiger partial charge in [-0.15, -0.1) is 0 Å². The van der Waals surface area contributed by atoms with Crippen LogP contribution >= 0.6 is 0 Å². The Balaban J connectivity index is 1.90. The van der Waals surface area contributed by atoms with E-state index >= 15 is 0 Å². The highest BCUT2D eigenvalue weighted by Gasteiger charge is 2.11. The standard InChI is InChI=1S/C16H15N3/c17-16(13-7-3-1-4-8-13)14-11-18-19(12-14)15-9-5-2-6-10-15/h1-12,16H,17H2. The van der Waals surface area contributed by atoms with Crippen LogP contribution in [0.3, 0.4) is 0 Å². The normalized spacial score (nSPS) is 12.3. The average molecular weight is 249 g/mol. The topological polar surface area (TPSA) is 43.8 Å². The van der Waals surface area contributed by atoms with Gasteiger partial charge in [-0.05, 0) is 17.7 Å². The van der Waals surface area contributed by atoms with Gasteiger partial charge < -0.3 is 5.73 Å². The molecule has 2 aromatic carbocycles. The van der Waals surface area contributed by atoms with Crippen LogP contribution in [0.1, 0.15) is 17.2 Å². The summed E-state index contributed by atoms with van der Waals surface area (Å²) < 4.78 is 1.85. The van der Waals surface area contributed by atoms with Gasteiger partial charge in [0.2, 0.25) is 0 Å². The highest BCUT2D eigenvalue weighted by atomic mass is 15.3. The number of para-hydroxylation sites is 1. The van der Waals surface area contributed by atoms with Gasteiger partial charge in [0.1, 0.15) is 0 Å². The van der Waals surface area contributed by atoms with E-state index in [0.29, 0.717) is 0 Å². The molecule has 1 unspecified atom stereocenters. The predicted molar refractivity (Wildman–Crippen MR) is 76.0 cm³/mol. The van der Waals surface area contributed by atoms with Crippen molar-refractivity contribution in [3.63, 3.8) is 0 Å². The zero-order valence-corrected chi connectivity index (χ0v) is 10.5. The Labute approximate surface area is 112 Å². The zero-order valence-electron chi connectivity index (χ0n) is 10.5. The van der Waals surface area contributed by atoms with E-state index in [-0.39, 0.29) is 6.04 Å². The maximum Gasteiger partial charge on any atom is 0.0645 e. The first-order chi connectivity index (χ1) is 9.34. The zero-order chi connectivity index (χ0) is 13.1. The molecule has 94 valence electrons. The van der Waals surface area contributed by atoms with E-state index in [1.54, 1.807) is 0 Å². The van der Waals surface area contributed by atoms with Gasteiger partial charge in [-0.2, -0.15) is 5.10 Å². The van der Waals surface area contributed by atoms with Crippen molar-refractivity contribution in [1.82, 2.24) is 9.78 Å². The molecule has 0 aliphatic rings. The SMILES string of the molecule is NC(c1ccccc1)c1cnn(-c2ccccc2)c1. The molecular formula is C16H15N3. The van der Waals surface area contributed by atoms with Crippen LogP contribution in [0.4, 0.5) is 0 Å². The Morgan fingerprint density at radius 1 is 0.842 bits per heavy atom. The number of benzene rings is 2. The fourth-order valence-electron chi connectivity index (χ4n) is 2.07. The second kappa shape index (κ2) is 5.08. The van der Waals surface area contributed by atoms with Crippen molar-refractivity contribution >= 4 is 0 Å². The first-order valence-corrected chi connectivity index (χ1v) is 6.25. The molecule has 0 radical (unpaired) electrons. The summed E-state index contributed by atoms with van der Waals surface area (Å²) in [5, 5.41) is 4.37. The molecule has 3 aromatic rings. The van der Waals surface area contributed by atoms with E-state index in [2.05, 4.69) is 5.10 Å². The smallest absolute Gasteiger partial charge is 0.0645 e. The number of hydrogen-bond donors (Lipinski definition) is 1. The van der Waals surface area contributed by atoms with Crippen LogP contribution in [0.25, 0.3) is 5.69 Å². The Kier molecular flexibility index (Phi) is 3.12. The maximum absolute atomic E-state index is 6.25. The molecule has 3 rings (SSSR count). The molecule has 19 heavy (non-hydrogen) atoms. The van der Waals surface area contributed by atoms with Crippen LogP contribution < -0.4 is 5.73 Å². The summed E-state index contributed by atoms with van der Waals surface area (Å²) in [6.45, 7) is 0. The largest absolute Gasteiger partial charge is 0.320 e. The first kappa shape index (κ1) is 11.7. The van der Waals surface area contributed by atoms with Crippen molar-refractivity contribution in [3.05, 3.63) is 84.2 Å². The lowest BCUT2D eigenvalue weighted by atomic mass is 10.0. The van der Waals surface area contributed by atoms with Gasteiger partial charge in [0.15, 0.2) is 0 Å². The van der Waals surface area contributed by atoms with Gasteiger partial charge in [0, 0.05) is 11.8 Å². The number of hydrogen-bond acceptors (Lipinski definition) is 2. The Bertz CT molecular complexity index is 644. The lowest BCUT2D eigenvalue weighted by Gasteiger charge is -2.09. The Morgan fingerprint density at radius 3 is 2.16 bits per heavy atom. The molecule has 2 N–H and O–H groups in total. The number of rotatable bonds is 3. The fraction of sp³-hybridized carbons (Fsp3) is 0.0625. The van der Waals surface area contributed by atoms with E-state index in [4.69, 9.17) is 5.73 Å². The van der Waals surface area contributed by atoms with Crippen LogP contribution in [0.2, 0.25) is 0 Å². The third-order valence-electron chi connectivity index (χ3n) is 3.14. The highest BCUT2D eigenvalue weighted by Crippen LogP contribution is 2.19. The molecule has 0 saturated heterocycles. The summed E-state index contributed by atoms with van der Waals surface area (Å²) in [6.07, 6.45) is 3.80. The van der Waals surface area contributed by atoms with Crippen LogP contribution in [0, 0.1) is 0 Å². The molecule has 3 nitrogen and oxygen atoms in total. The average Bonchev–Trinajstić information content (AvgIpc) is 2.98. The van der Waals surface area contributed by atoms with Gasteiger partial charge in [0.05, 0.1) is 17.9 Å². The third-order valence-corrected chi connectivity index (χ3v) is 3.14. The predicted octanol–water partition coefficient (Wildman–Crippen LogP) is 2.92. The van der Waals surface area contributed by atoms with Crippen LogP contribution in [-0.4, -0.2) is 9.78 Å². The van der Waals surface area contributed by atoms with Gasteiger partial charge in [-0.1, -0.05) is 48.5 Å². The summed E-state index contributed by atoms with van der Waals surface area (Å²) in [4.78, 5) is 0. The van der Waals surface area contributed by atoms with E-state index < -0.39 is 0 Å². The summed E-state index contributed by atoms with van der Waals surface area (Å²) in [7, 11) is 0. The molecule has 0 saturated carbocycles. The Morgan fingerprint density at radius 2 is 1.47 bits per heavy atom. The third kappa shape index (κ3) is 2.41. The lowest BCUT2D eigenvalue weighted by molar-refractivity contribution is 0.862. The molecule has 0 spiro atoms. The van der Waals surface area contributed by atoms with E-state index in [1.165, 1.54) is 0 Å². The van der Waals surface area contributed by atoms with Crippen molar-refractivity contribution in [1.29, 1.82) is 0 Å². The van der Waals surface area contributed by atoms with E-state index in [9.17, 15) is 0 Å². The van der Waals surface area contributed by atoms with Crippen molar-refractivity contribution < 1.29 is 0 Å². The summed E-state index contributed by atoms with van der Waals surface area (Å²) in [5.41, 5.74) is 9.39. The highest BCUT2D eigenvalue weighted by molar-refractivity contribution is 5.34. The number of nitrogens with two attached hydrogens (primary N) is 1. The minimum Gasteiger partial charge on any atom is -0.320 e. The van der Waals surface area contributed by atoms with Crippen LogP contribution in [0.15, 0.2) is 73.1 Å². The molecular weight excluding hydrogens is 234 g/mol. The van der Waals surface area contributed by atoms with Crippen LogP contribution in [-0.2, 0) is 0 Å². The van der Waals surface area contributed by atoms with Gasteiger partial charge >= 0.3 is 0 Å². The molecule has 0 aliphatic carbocycles. The quantitative estimate of drug-likeness (QED) is 0.775.